The third-order valence-corrected chi connectivity index (χ3v) is 2.57. The van der Waals surface area contributed by atoms with Gasteiger partial charge in [0.1, 0.15) is 11.7 Å². The van der Waals surface area contributed by atoms with E-state index in [4.69, 9.17) is 4.84 Å². The molecule has 0 atom stereocenters. The van der Waals surface area contributed by atoms with Crippen molar-refractivity contribution in [2.75, 3.05) is 6.61 Å². The minimum atomic E-state index is 0.731. The molecule has 0 unspecified atom stereocenters. The van der Waals surface area contributed by atoms with Gasteiger partial charge in [0, 0.05) is 11.3 Å². The molecule has 3 heteroatoms. The van der Waals surface area contributed by atoms with Crippen LogP contribution in [0.15, 0.2) is 40.4 Å². The Hall–Kier alpha value is -0.960. The molecule has 1 aliphatic rings. The molecule has 0 saturated heterocycles. The van der Waals surface area contributed by atoms with Crippen molar-refractivity contribution < 1.29 is 4.84 Å². The lowest BCUT2D eigenvalue weighted by atomic mass is 10.4. The summed E-state index contributed by atoms with van der Waals surface area (Å²) < 4.78 is 0. The first kappa shape index (κ1) is 7.68. The zero-order valence-corrected chi connectivity index (χ0v) is 7.38. The van der Waals surface area contributed by atoms with Crippen molar-refractivity contribution >= 4 is 16.8 Å². The van der Waals surface area contributed by atoms with Crippen LogP contribution in [-0.2, 0) is 4.84 Å². The Labute approximate surface area is 75.6 Å². The van der Waals surface area contributed by atoms with E-state index in [-0.39, 0.29) is 0 Å². The summed E-state index contributed by atoms with van der Waals surface area (Å²) >= 11 is 1.68. The summed E-state index contributed by atoms with van der Waals surface area (Å²) in [5.74, 6) is 0. The first-order valence-electron chi connectivity index (χ1n) is 3.87. The molecule has 0 fully saturated rings. The van der Waals surface area contributed by atoms with Crippen molar-refractivity contribution in [1.82, 2.24) is 0 Å². The van der Waals surface area contributed by atoms with Crippen LogP contribution >= 0.6 is 11.8 Å². The Bertz CT molecular complexity index is 284. The third-order valence-electron chi connectivity index (χ3n) is 1.55. The molecule has 2 rings (SSSR count). The maximum atomic E-state index is 4.90. The lowest BCUT2D eigenvalue weighted by Gasteiger charge is -1.96. The Kier molecular flexibility index (Phi) is 2.32. The first-order chi connectivity index (χ1) is 5.95. The second-order valence-corrected chi connectivity index (χ2v) is 3.63. The van der Waals surface area contributed by atoms with Crippen LogP contribution in [0.4, 0.5) is 0 Å². The SMILES string of the molecule is c1ccc(SC2=NOCC2)cc1. The maximum Gasteiger partial charge on any atom is 0.123 e. The highest BCUT2D eigenvalue weighted by atomic mass is 32.2. The van der Waals surface area contributed by atoms with Crippen LogP contribution in [0.5, 0.6) is 0 Å². The second kappa shape index (κ2) is 3.63. The van der Waals surface area contributed by atoms with Crippen LogP contribution in [-0.4, -0.2) is 11.7 Å². The second-order valence-electron chi connectivity index (χ2n) is 2.48. The average Bonchev–Trinajstić information content (AvgIpc) is 2.59. The van der Waals surface area contributed by atoms with Crippen LogP contribution in [0, 0.1) is 0 Å². The molecule has 2 nitrogen and oxygen atoms in total. The van der Waals surface area contributed by atoms with Gasteiger partial charge in [-0.2, -0.15) is 0 Å². The highest BCUT2D eigenvalue weighted by molar-refractivity contribution is 8.14. The van der Waals surface area contributed by atoms with Crippen LogP contribution in [0.2, 0.25) is 0 Å². The summed E-state index contributed by atoms with van der Waals surface area (Å²) in [5.41, 5.74) is 0. The van der Waals surface area contributed by atoms with E-state index in [0.29, 0.717) is 0 Å². The van der Waals surface area contributed by atoms with Crippen molar-refractivity contribution in [3.63, 3.8) is 0 Å². The third kappa shape index (κ3) is 1.80. The van der Waals surface area contributed by atoms with Gasteiger partial charge in [-0.05, 0) is 12.1 Å². The number of nitrogens with zero attached hydrogens (tertiary/aromatic N) is 1. The molecule has 0 amide bonds. The van der Waals surface area contributed by atoms with E-state index >= 15 is 0 Å². The fourth-order valence-corrected chi connectivity index (χ4v) is 1.83. The molecular weight excluding hydrogens is 170 g/mol. The lowest BCUT2D eigenvalue weighted by molar-refractivity contribution is 0.174. The monoisotopic (exact) mass is 179 g/mol. The van der Waals surface area contributed by atoms with Gasteiger partial charge >= 0.3 is 0 Å². The summed E-state index contributed by atoms with van der Waals surface area (Å²) in [6.07, 6.45) is 0.944. The molecule has 1 heterocycles. The fourth-order valence-electron chi connectivity index (χ4n) is 0.990. The van der Waals surface area contributed by atoms with E-state index in [1.165, 1.54) is 4.90 Å². The molecule has 1 aromatic carbocycles. The average molecular weight is 179 g/mol. The van der Waals surface area contributed by atoms with E-state index < -0.39 is 0 Å². The predicted octanol–water partition coefficient (Wildman–Crippen LogP) is 2.51. The van der Waals surface area contributed by atoms with Crippen LogP contribution in [0.3, 0.4) is 0 Å². The predicted molar refractivity (Wildman–Crippen MR) is 50.3 cm³/mol. The number of thioether (sulfide) groups is 1. The summed E-state index contributed by atoms with van der Waals surface area (Å²) in [7, 11) is 0. The Morgan fingerprint density at radius 3 is 2.75 bits per heavy atom. The van der Waals surface area contributed by atoms with Crippen LogP contribution in [0.25, 0.3) is 0 Å². The van der Waals surface area contributed by atoms with E-state index in [1.54, 1.807) is 11.8 Å². The van der Waals surface area contributed by atoms with Crippen molar-refractivity contribution in [1.29, 1.82) is 0 Å². The molecule has 0 bridgehead atoms. The van der Waals surface area contributed by atoms with E-state index in [9.17, 15) is 0 Å². The smallest absolute Gasteiger partial charge is 0.123 e. The number of hydrogen-bond donors (Lipinski definition) is 0. The highest BCUT2D eigenvalue weighted by Crippen LogP contribution is 2.22. The zero-order chi connectivity index (χ0) is 8.23. The number of benzene rings is 1. The molecule has 1 aromatic rings. The van der Waals surface area contributed by atoms with Gasteiger partial charge in [-0.15, -0.1) is 0 Å². The minimum absolute atomic E-state index is 0.731. The van der Waals surface area contributed by atoms with Crippen LogP contribution < -0.4 is 0 Å². The normalized spacial score (nSPS) is 15.5. The molecule has 0 radical (unpaired) electrons. The Morgan fingerprint density at radius 1 is 1.25 bits per heavy atom. The van der Waals surface area contributed by atoms with Gasteiger partial charge < -0.3 is 4.84 Å². The first-order valence-corrected chi connectivity index (χ1v) is 4.68. The maximum absolute atomic E-state index is 4.90. The highest BCUT2D eigenvalue weighted by Gasteiger charge is 2.08. The molecule has 12 heavy (non-hydrogen) atoms. The van der Waals surface area contributed by atoms with Crippen molar-refractivity contribution in [2.45, 2.75) is 11.3 Å². The van der Waals surface area contributed by atoms with Gasteiger partial charge in [0.15, 0.2) is 0 Å². The van der Waals surface area contributed by atoms with Gasteiger partial charge in [0.25, 0.3) is 0 Å². The summed E-state index contributed by atoms with van der Waals surface area (Å²) in [5, 5.41) is 4.98. The fraction of sp³-hybridized carbons (Fsp3) is 0.222. The topological polar surface area (TPSA) is 21.6 Å². The van der Waals surface area contributed by atoms with Gasteiger partial charge in [-0.3, -0.25) is 0 Å². The molecule has 0 spiro atoms. The van der Waals surface area contributed by atoms with E-state index in [1.807, 2.05) is 18.2 Å². The standard InChI is InChI=1S/C9H9NOS/c1-2-4-8(5-3-1)12-9-6-7-11-10-9/h1-5H,6-7H2. The molecular formula is C9H9NOS. The summed E-state index contributed by atoms with van der Waals surface area (Å²) in [4.78, 5) is 6.12. The zero-order valence-electron chi connectivity index (χ0n) is 6.56. The van der Waals surface area contributed by atoms with Crippen molar-refractivity contribution in [3.05, 3.63) is 30.3 Å². The molecule has 1 aliphatic heterocycles. The molecule has 0 aliphatic carbocycles. The lowest BCUT2D eigenvalue weighted by Crippen LogP contribution is -1.86. The van der Waals surface area contributed by atoms with Crippen molar-refractivity contribution in [3.8, 4) is 0 Å². The molecule has 0 aromatic heterocycles. The quantitative estimate of drug-likeness (QED) is 0.660. The van der Waals surface area contributed by atoms with Gasteiger partial charge in [0.2, 0.25) is 0 Å². The molecule has 62 valence electrons. The number of rotatable bonds is 1. The minimum Gasteiger partial charge on any atom is -0.395 e. The van der Waals surface area contributed by atoms with E-state index in [0.717, 1.165) is 18.1 Å². The summed E-state index contributed by atoms with van der Waals surface area (Å²) in [6.45, 7) is 0.731. The largest absolute Gasteiger partial charge is 0.395 e. The Morgan fingerprint density at radius 2 is 2.08 bits per heavy atom. The van der Waals surface area contributed by atoms with Gasteiger partial charge in [0.05, 0.1) is 0 Å². The van der Waals surface area contributed by atoms with Crippen LogP contribution in [0.1, 0.15) is 6.42 Å². The number of oxime groups is 1. The van der Waals surface area contributed by atoms with Crippen molar-refractivity contribution in [2.24, 2.45) is 5.16 Å². The van der Waals surface area contributed by atoms with Gasteiger partial charge in [-0.25, -0.2) is 0 Å². The van der Waals surface area contributed by atoms with E-state index in [2.05, 4.69) is 17.3 Å². The molecule has 0 N–H and O–H groups in total. The van der Waals surface area contributed by atoms with Gasteiger partial charge in [-0.1, -0.05) is 35.1 Å². The molecule has 0 saturated carbocycles. The number of hydrogen-bond acceptors (Lipinski definition) is 3. The Balaban J connectivity index is 2.04. The summed E-state index contributed by atoms with van der Waals surface area (Å²) in [6, 6.07) is 10.2.